The second-order valence-electron chi connectivity index (χ2n) is 7.08. The zero-order valence-corrected chi connectivity index (χ0v) is 16.8. The first-order valence-electron chi connectivity index (χ1n) is 9.21. The fraction of sp³-hybridized carbons (Fsp3) is 0.429. The maximum Gasteiger partial charge on any atom is 0.339 e. The van der Waals surface area contributed by atoms with E-state index in [4.69, 9.17) is 9.15 Å². The van der Waals surface area contributed by atoms with Crippen LogP contribution in [0.3, 0.4) is 0 Å². The van der Waals surface area contributed by atoms with Gasteiger partial charge < -0.3 is 14.1 Å². The fourth-order valence-corrected chi connectivity index (χ4v) is 3.97. The molecule has 0 N–H and O–H groups in total. The summed E-state index contributed by atoms with van der Waals surface area (Å²) < 4.78 is 10.8. The number of hydrogen-bond acceptors (Lipinski definition) is 5. The van der Waals surface area contributed by atoms with Crippen molar-refractivity contribution in [1.29, 1.82) is 0 Å². The molecule has 1 fully saturated rings. The molecule has 1 saturated heterocycles. The molecule has 1 aliphatic rings. The van der Waals surface area contributed by atoms with Crippen LogP contribution in [-0.4, -0.2) is 35.3 Å². The Balaban J connectivity index is 1.53. The Morgan fingerprint density at radius 2 is 2.04 bits per heavy atom. The summed E-state index contributed by atoms with van der Waals surface area (Å²) in [6.45, 7) is 7.25. The Bertz CT molecular complexity index is 844. The van der Waals surface area contributed by atoms with Crippen LogP contribution in [0.25, 0.3) is 0 Å². The molecule has 27 heavy (non-hydrogen) atoms. The average Bonchev–Trinajstić information content (AvgIpc) is 3.04. The molecule has 1 atom stereocenters. The second kappa shape index (κ2) is 8.65. The zero-order valence-electron chi connectivity index (χ0n) is 15.9. The summed E-state index contributed by atoms with van der Waals surface area (Å²) in [6.07, 6.45) is 1.06. The van der Waals surface area contributed by atoms with Crippen molar-refractivity contribution in [1.82, 2.24) is 4.90 Å². The van der Waals surface area contributed by atoms with E-state index in [9.17, 15) is 9.59 Å². The maximum absolute atomic E-state index is 12.6. The van der Waals surface area contributed by atoms with Gasteiger partial charge in [0.15, 0.2) is 0 Å². The number of aryl methyl sites for hydroxylation is 1. The highest BCUT2D eigenvalue weighted by molar-refractivity contribution is 7.99. The first-order chi connectivity index (χ1) is 12.9. The van der Waals surface area contributed by atoms with E-state index in [1.54, 1.807) is 13.0 Å². The number of carbonyl (C=O) groups excluding carboxylic acids is 1. The van der Waals surface area contributed by atoms with Gasteiger partial charge in [0, 0.05) is 29.2 Å². The van der Waals surface area contributed by atoms with Gasteiger partial charge in [-0.15, -0.1) is 11.8 Å². The van der Waals surface area contributed by atoms with E-state index in [0.717, 1.165) is 12.0 Å². The summed E-state index contributed by atoms with van der Waals surface area (Å²) in [5, 5.41) is 0.541. The van der Waals surface area contributed by atoms with E-state index < -0.39 is 5.63 Å². The predicted molar refractivity (Wildman–Crippen MR) is 106 cm³/mol. The van der Waals surface area contributed by atoms with Gasteiger partial charge in [-0.3, -0.25) is 4.79 Å². The molecule has 144 valence electrons. The molecule has 0 bridgehead atoms. The predicted octanol–water partition coefficient (Wildman–Crippen LogP) is 3.67. The molecular weight excluding hydrogens is 362 g/mol. The lowest BCUT2D eigenvalue weighted by Crippen LogP contribution is -2.32. The Kier molecular flexibility index (Phi) is 6.26. The number of thioether (sulfide) groups is 1. The lowest BCUT2D eigenvalue weighted by atomic mass is 10.1. The molecule has 1 unspecified atom stereocenters. The van der Waals surface area contributed by atoms with Gasteiger partial charge >= 0.3 is 5.63 Å². The molecule has 1 aromatic heterocycles. The van der Waals surface area contributed by atoms with Crippen LogP contribution >= 0.6 is 11.8 Å². The standard InChI is InChI=1S/C21H25NO4S/c1-14(2)27-19-6-4-16(5-7-19)11-20(23)22-9-8-17(13-22)26-18-10-15(3)25-21(24)12-18/h4-7,10,12,14,17H,8-9,11,13H2,1-3H3. The minimum atomic E-state index is -0.421. The third-order valence-electron chi connectivity index (χ3n) is 4.32. The minimum Gasteiger partial charge on any atom is -0.488 e. The number of carbonyl (C=O) groups is 1. The monoisotopic (exact) mass is 387 g/mol. The molecule has 1 amide bonds. The summed E-state index contributed by atoms with van der Waals surface area (Å²) in [5.41, 5.74) is 0.601. The molecule has 5 nitrogen and oxygen atoms in total. The quantitative estimate of drug-likeness (QED) is 0.708. The Morgan fingerprint density at radius 3 is 2.70 bits per heavy atom. The van der Waals surface area contributed by atoms with E-state index in [0.29, 0.717) is 36.3 Å². The van der Waals surface area contributed by atoms with Crippen molar-refractivity contribution in [3.8, 4) is 5.75 Å². The van der Waals surface area contributed by atoms with E-state index in [2.05, 4.69) is 26.0 Å². The highest BCUT2D eigenvalue weighted by atomic mass is 32.2. The second-order valence-corrected chi connectivity index (χ2v) is 8.73. The summed E-state index contributed by atoms with van der Waals surface area (Å²) in [6, 6.07) is 11.2. The van der Waals surface area contributed by atoms with E-state index in [-0.39, 0.29) is 12.0 Å². The molecule has 1 aromatic carbocycles. The van der Waals surface area contributed by atoms with Crippen molar-refractivity contribution in [3.05, 3.63) is 58.1 Å². The smallest absolute Gasteiger partial charge is 0.339 e. The van der Waals surface area contributed by atoms with Crippen molar-refractivity contribution < 1.29 is 13.9 Å². The normalized spacial score (nSPS) is 16.7. The van der Waals surface area contributed by atoms with Gasteiger partial charge in [0.2, 0.25) is 5.91 Å². The van der Waals surface area contributed by atoms with Crippen LogP contribution < -0.4 is 10.4 Å². The lowest BCUT2D eigenvalue weighted by molar-refractivity contribution is -0.129. The first kappa shape index (κ1) is 19.5. The highest BCUT2D eigenvalue weighted by Gasteiger charge is 2.27. The van der Waals surface area contributed by atoms with Crippen molar-refractivity contribution in [2.75, 3.05) is 13.1 Å². The lowest BCUT2D eigenvalue weighted by Gasteiger charge is -2.17. The summed E-state index contributed by atoms with van der Waals surface area (Å²) in [5.74, 6) is 1.12. The van der Waals surface area contributed by atoms with Crippen LogP contribution in [0, 0.1) is 6.92 Å². The van der Waals surface area contributed by atoms with Crippen LogP contribution in [0.4, 0.5) is 0 Å². The number of rotatable bonds is 6. The van der Waals surface area contributed by atoms with Gasteiger partial charge in [0.05, 0.1) is 19.0 Å². The van der Waals surface area contributed by atoms with E-state index in [1.807, 2.05) is 28.8 Å². The SMILES string of the molecule is Cc1cc(OC2CCN(C(=O)Cc3ccc(SC(C)C)cc3)C2)cc(=O)o1. The van der Waals surface area contributed by atoms with Crippen LogP contribution in [0.2, 0.25) is 0 Å². The number of nitrogens with zero attached hydrogens (tertiary/aromatic N) is 1. The van der Waals surface area contributed by atoms with Crippen LogP contribution in [0.15, 0.2) is 50.5 Å². The summed E-state index contributed by atoms with van der Waals surface area (Å²) in [4.78, 5) is 27.1. The van der Waals surface area contributed by atoms with Gasteiger partial charge in [-0.05, 0) is 24.6 Å². The van der Waals surface area contributed by atoms with Gasteiger partial charge in [0.1, 0.15) is 17.6 Å². The minimum absolute atomic E-state index is 0.0973. The number of benzene rings is 1. The molecule has 3 rings (SSSR count). The maximum atomic E-state index is 12.6. The van der Waals surface area contributed by atoms with Gasteiger partial charge in [-0.25, -0.2) is 4.79 Å². The first-order valence-corrected chi connectivity index (χ1v) is 10.1. The molecule has 6 heteroatoms. The third-order valence-corrected chi connectivity index (χ3v) is 5.33. The van der Waals surface area contributed by atoms with Crippen molar-refractivity contribution in [2.24, 2.45) is 0 Å². The molecule has 0 spiro atoms. The van der Waals surface area contributed by atoms with E-state index in [1.165, 1.54) is 11.0 Å². The highest BCUT2D eigenvalue weighted by Crippen LogP contribution is 2.23. The van der Waals surface area contributed by atoms with Crippen LogP contribution in [0.5, 0.6) is 5.75 Å². The largest absolute Gasteiger partial charge is 0.488 e. The Hall–Kier alpha value is -2.21. The number of hydrogen-bond donors (Lipinski definition) is 0. The Labute approximate surface area is 163 Å². The molecule has 2 aromatic rings. The Morgan fingerprint density at radius 1 is 1.30 bits per heavy atom. The summed E-state index contributed by atoms with van der Waals surface area (Å²) >= 11 is 1.81. The molecule has 2 heterocycles. The molecule has 0 saturated carbocycles. The number of ether oxygens (including phenoxy) is 1. The van der Waals surface area contributed by atoms with Crippen LogP contribution in [0.1, 0.15) is 31.6 Å². The molecule has 0 radical (unpaired) electrons. The summed E-state index contributed by atoms with van der Waals surface area (Å²) in [7, 11) is 0. The zero-order chi connectivity index (χ0) is 19.4. The fourth-order valence-electron chi connectivity index (χ4n) is 3.13. The van der Waals surface area contributed by atoms with Gasteiger partial charge in [-0.1, -0.05) is 26.0 Å². The molecule has 1 aliphatic heterocycles. The third kappa shape index (κ3) is 5.63. The van der Waals surface area contributed by atoms with Crippen molar-refractivity contribution in [3.63, 3.8) is 0 Å². The number of amides is 1. The van der Waals surface area contributed by atoms with Gasteiger partial charge in [0.25, 0.3) is 0 Å². The van der Waals surface area contributed by atoms with Crippen LogP contribution in [-0.2, 0) is 11.2 Å². The van der Waals surface area contributed by atoms with Crippen molar-refractivity contribution in [2.45, 2.75) is 49.9 Å². The van der Waals surface area contributed by atoms with E-state index >= 15 is 0 Å². The average molecular weight is 388 g/mol. The molecule has 0 aliphatic carbocycles. The number of likely N-dealkylation sites (tertiary alicyclic amines) is 1. The molecular formula is C21H25NO4S. The van der Waals surface area contributed by atoms with Crippen molar-refractivity contribution >= 4 is 17.7 Å². The van der Waals surface area contributed by atoms with Gasteiger partial charge in [-0.2, -0.15) is 0 Å². The topological polar surface area (TPSA) is 59.8 Å².